The van der Waals surface area contributed by atoms with Crippen LogP contribution in [0.5, 0.6) is 5.75 Å². The molecule has 0 amide bonds. The minimum absolute atomic E-state index is 0.284. The van der Waals surface area contributed by atoms with Crippen LogP contribution in [-0.2, 0) is 6.18 Å². The van der Waals surface area contributed by atoms with Gasteiger partial charge in [0, 0.05) is 10.6 Å². The molecule has 0 aliphatic heterocycles. The van der Waals surface area contributed by atoms with Gasteiger partial charge in [0.25, 0.3) is 0 Å². The molecule has 0 bridgehead atoms. The monoisotopic (exact) mass is 314 g/mol. The first-order chi connectivity index (χ1) is 9.88. The molecule has 2 aromatic carbocycles. The van der Waals surface area contributed by atoms with E-state index in [2.05, 4.69) is 0 Å². The van der Waals surface area contributed by atoms with Crippen molar-refractivity contribution in [2.45, 2.75) is 6.18 Å². The van der Waals surface area contributed by atoms with Gasteiger partial charge in [0.05, 0.1) is 5.56 Å². The molecule has 0 spiro atoms. The fourth-order valence-corrected chi connectivity index (χ4v) is 1.91. The number of ether oxygens (including phenoxy) is 1. The Hall–Kier alpha value is -2.01. The van der Waals surface area contributed by atoms with Crippen LogP contribution in [0.1, 0.15) is 15.9 Å². The van der Waals surface area contributed by atoms with Crippen molar-refractivity contribution in [2.75, 3.05) is 6.61 Å². The lowest BCUT2D eigenvalue weighted by atomic mass is 10.1. The van der Waals surface area contributed by atoms with E-state index < -0.39 is 24.1 Å². The molecule has 0 unspecified atom stereocenters. The Balaban J connectivity index is 2.12. The highest BCUT2D eigenvalue weighted by Crippen LogP contribution is 2.35. The lowest BCUT2D eigenvalue weighted by Crippen LogP contribution is -2.14. The second kappa shape index (κ2) is 6.18. The molecule has 2 aromatic rings. The predicted molar refractivity (Wildman–Crippen MR) is 72.7 cm³/mol. The molecule has 6 heteroatoms. The van der Waals surface area contributed by atoms with Crippen molar-refractivity contribution < 1.29 is 22.7 Å². The zero-order valence-electron chi connectivity index (χ0n) is 10.7. The van der Waals surface area contributed by atoms with E-state index in [9.17, 15) is 18.0 Å². The second-order valence-corrected chi connectivity index (χ2v) is 4.65. The van der Waals surface area contributed by atoms with Gasteiger partial charge in [-0.25, -0.2) is 0 Å². The lowest BCUT2D eigenvalue weighted by Gasteiger charge is -2.13. The summed E-state index contributed by atoms with van der Waals surface area (Å²) in [6.45, 7) is -0.493. The van der Waals surface area contributed by atoms with Crippen LogP contribution in [0.15, 0.2) is 48.5 Å². The first-order valence-electron chi connectivity index (χ1n) is 5.96. The lowest BCUT2D eigenvalue weighted by molar-refractivity contribution is -0.138. The van der Waals surface area contributed by atoms with Gasteiger partial charge >= 0.3 is 6.18 Å². The van der Waals surface area contributed by atoms with Crippen molar-refractivity contribution in [3.8, 4) is 5.75 Å². The number of halogens is 4. The van der Waals surface area contributed by atoms with Crippen molar-refractivity contribution in [2.24, 2.45) is 0 Å². The fourth-order valence-electron chi connectivity index (χ4n) is 1.72. The molecule has 0 N–H and O–H groups in total. The van der Waals surface area contributed by atoms with Crippen LogP contribution < -0.4 is 4.74 Å². The number of ketones is 1. The van der Waals surface area contributed by atoms with Crippen LogP contribution in [-0.4, -0.2) is 12.4 Å². The van der Waals surface area contributed by atoms with Crippen molar-refractivity contribution in [3.63, 3.8) is 0 Å². The third-order valence-corrected chi connectivity index (χ3v) is 2.93. The Morgan fingerprint density at radius 3 is 2.48 bits per heavy atom. The third kappa shape index (κ3) is 3.98. The van der Waals surface area contributed by atoms with E-state index >= 15 is 0 Å². The Morgan fingerprint density at radius 1 is 1.10 bits per heavy atom. The van der Waals surface area contributed by atoms with E-state index in [1.807, 2.05) is 0 Å². The van der Waals surface area contributed by atoms with E-state index in [-0.39, 0.29) is 11.3 Å². The molecular formula is C15H10ClF3O2. The van der Waals surface area contributed by atoms with Crippen molar-refractivity contribution in [1.82, 2.24) is 0 Å². The Bertz CT molecular complexity index is 653. The molecule has 0 aliphatic carbocycles. The number of carbonyl (C=O) groups excluding carboxylic acids is 1. The molecule has 0 heterocycles. The van der Waals surface area contributed by atoms with Crippen molar-refractivity contribution >= 4 is 17.4 Å². The van der Waals surface area contributed by atoms with Gasteiger partial charge in [-0.05, 0) is 24.3 Å². The van der Waals surface area contributed by atoms with E-state index in [0.29, 0.717) is 5.02 Å². The number of Topliss-reactive ketones (excluding diaryl/α,β-unsaturated/α-hetero) is 1. The Kier molecular flexibility index (Phi) is 4.53. The van der Waals surface area contributed by atoms with Crippen LogP contribution in [0, 0.1) is 0 Å². The first kappa shape index (κ1) is 15.4. The maximum atomic E-state index is 12.8. The molecule has 0 saturated carbocycles. The molecule has 0 saturated heterocycles. The van der Waals surface area contributed by atoms with E-state index in [4.69, 9.17) is 16.3 Å². The van der Waals surface area contributed by atoms with Gasteiger partial charge in [0.2, 0.25) is 0 Å². The smallest absolute Gasteiger partial charge is 0.419 e. The average molecular weight is 315 g/mol. The molecule has 21 heavy (non-hydrogen) atoms. The van der Waals surface area contributed by atoms with Gasteiger partial charge in [-0.15, -0.1) is 0 Å². The highest BCUT2D eigenvalue weighted by Gasteiger charge is 2.34. The quantitative estimate of drug-likeness (QED) is 0.770. The molecule has 0 fully saturated rings. The minimum Gasteiger partial charge on any atom is -0.485 e. The van der Waals surface area contributed by atoms with Crippen LogP contribution in [0.2, 0.25) is 5.02 Å². The van der Waals surface area contributed by atoms with Gasteiger partial charge in [-0.1, -0.05) is 35.9 Å². The van der Waals surface area contributed by atoms with E-state index in [0.717, 1.165) is 6.07 Å². The van der Waals surface area contributed by atoms with E-state index in [1.54, 1.807) is 12.1 Å². The summed E-state index contributed by atoms with van der Waals surface area (Å²) in [6, 6.07) is 10.9. The molecule has 0 radical (unpaired) electrons. The minimum atomic E-state index is -4.53. The second-order valence-electron chi connectivity index (χ2n) is 4.22. The predicted octanol–water partition coefficient (Wildman–Crippen LogP) is 4.62. The maximum absolute atomic E-state index is 12.8. The van der Waals surface area contributed by atoms with Gasteiger partial charge in [-0.3, -0.25) is 4.79 Å². The fraction of sp³-hybridized carbons (Fsp3) is 0.133. The normalized spacial score (nSPS) is 11.2. The molecule has 110 valence electrons. The summed E-state index contributed by atoms with van der Waals surface area (Å²) in [5, 5.41) is 0.372. The molecule has 2 rings (SSSR count). The molecule has 2 nitrogen and oxygen atoms in total. The van der Waals surface area contributed by atoms with Gasteiger partial charge in [0.15, 0.2) is 12.4 Å². The van der Waals surface area contributed by atoms with E-state index in [1.165, 1.54) is 30.3 Å². The van der Waals surface area contributed by atoms with Gasteiger partial charge in [0.1, 0.15) is 5.75 Å². The third-order valence-electron chi connectivity index (χ3n) is 2.70. The standard InChI is InChI=1S/C15H10ClF3O2/c16-11-5-3-4-10(8-11)13(20)9-21-14-7-2-1-6-12(14)15(17,18)19/h1-8H,9H2. The summed E-state index contributed by atoms with van der Waals surface area (Å²) in [4.78, 5) is 11.9. The molecular weight excluding hydrogens is 305 g/mol. The van der Waals surface area contributed by atoms with Crippen molar-refractivity contribution in [1.29, 1.82) is 0 Å². The van der Waals surface area contributed by atoms with Crippen molar-refractivity contribution in [3.05, 3.63) is 64.7 Å². The zero-order chi connectivity index (χ0) is 15.5. The van der Waals surface area contributed by atoms with Crippen LogP contribution in [0.4, 0.5) is 13.2 Å². The summed E-state index contributed by atoms with van der Waals surface area (Å²) in [5.74, 6) is -0.824. The average Bonchev–Trinajstić information content (AvgIpc) is 2.44. The molecule has 0 aromatic heterocycles. The largest absolute Gasteiger partial charge is 0.485 e. The summed E-state index contributed by atoms with van der Waals surface area (Å²) in [7, 11) is 0. The molecule has 0 atom stereocenters. The zero-order valence-corrected chi connectivity index (χ0v) is 11.4. The maximum Gasteiger partial charge on any atom is 0.419 e. The number of carbonyl (C=O) groups is 1. The summed E-state index contributed by atoms with van der Waals surface area (Å²) in [6.07, 6.45) is -4.53. The van der Waals surface area contributed by atoms with Crippen LogP contribution in [0.3, 0.4) is 0 Å². The Morgan fingerprint density at radius 2 is 1.81 bits per heavy atom. The Labute approximate surface area is 124 Å². The molecule has 0 aliphatic rings. The van der Waals surface area contributed by atoms with Gasteiger partial charge in [-0.2, -0.15) is 13.2 Å². The number of rotatable bonds is 4. The van der Waals surface area contributed by atoms with Gasteiger partial charge < -0.3 is 4.74 Å². The number of hydrogen-bond acceptors (Lipinski definition) is 2. The highest BCUT2D eigenvalue weighted by molar-refractivity contribution is 6.31. The first-order valence-corrected chi connectivity index (χ1v) is 6.33. The summed E-state index contributed by atoms with van der Waals surface area (Å²) < 4.78 is 43.3. The van der Waals surface area contributed by atoms with Crippen LogP contribution >= 0.6 is 11.6 Å². The highest BCUT2D eigenvalue weighted by atomic mass is 35.5. The number of para-hydroxylation sites is 1. The van der Waals surface area contributed by atoms with Crippen LogP contribution in [0.25, 0.3) is 0 Å². The number of alkyl halides is 3. The number of benzene rings is 2. The SMILES string of the molecule is O=C(COc1ccccc1C(F)(F)F)c1cccc(Cl)c1. The summed E-state index contributed by atoms with van der Waals surface area (Å²) >= 11 is 5.75. The summed E-state index contributed by atoms with van der Waals surface area (Å²) in [5.41, 5.74) is -0.629. The topological polar surface area (TPSA) is 26.3 Å². The number of hydrogen-bond donors (Lipinski definition) is 0.